The van der Waals surface area contributed by atoms with E-state index in [9.17, 15) is 18.0 Å². The van der Waals surface area contributed by atoms with Gasteiger partial charge in [-0.25, -0.2) is 19.5 Å². The number of carbonyl (C=O) groups excluding carboxylic acids is 1. The quantitative estimate of drug-likeness (QED) is 0.444. The molecule has 0 aliphatic heterocycles. The average Bonchev–Trinajstić information content (AvgIpc) is 3.17. The van der Waals surface area contributed by atoms with Crippen molar-refractivity contribution in [2.75, 3.05) is 0 Å². The van der Waals surface area contributed by atoms with E-state index in [0.717, 1.165) is 11.1 Å². The van der Waals surface area contributed by atoms with Gasteiger partial charge in [0, 0.05) is 11.5 Å². The van der Waals surface area contributed by atoms with Gasteiger partial charge in [0.1, 0.15) is 12.1 Å². The van der Waals surface area contributed by atoms with E-state index in [2.05, 4.69) is 19.8 Å². The summed E-state index contributed by atoms with van der Waals surface area (Å²) in [4.78, 5) is 18.4. The van der Waals surface area contributed by atoms with E-state index in [0.29, 0.717) is 11.5 Å². The van der Waals surface area contributed by atoms with E-state index in [1.165, 1.54) is 35.3 Å². The molecule has 3 rings (SSSR count). The number of benzene rings is 2. The van der Waals surface area contributed by atoms with Crippen molar-refractivity contribution >= 4 is 6.08 Å². The molecule has 0 aliphatic rings. The van der Waals surface area contributed by atoms with Gasteiger partial charge in [-0.05, 0) is 36.8 Å². The van der Waals surface area contributed by atoms with Gasteiger partial charge in [-0.3, -0.25) is 0 Å². The summed E-state index contributed by atoms with van der Waals surface area (Å²) in [7, 11) is 0. The van der Waals surface area contributed by atoms with Crippen LogP contribution in [0.2, 0.25) is 0 Å². The summed E-state index contributed by atoms with van der Waals surface area (Å²) < 4.78 is 42.1. The highest BCUT2D eigenvalue weighted by molar-refractivity contribution is 5.55. The van der Waals surface area contributed by atoms with Crippen LogP contribution in [0.1, 0.15) is 25.3 Å². The molecule has 0 saturated heterocycles. The molecule has 2 unspecified atom stereocenters. The maximum Gasteiger partial charge on any atom is 0.573 e. The van der Waals surface area contributed by atoms with Crippen molar-refractivity contribution in [1.82, 2.24) is 14.8 Å². The summed E-state index contributed by atoms with van der Waals surface area (Å²) in [5, 5.41) is 4.37. The van der Waals surface area contributed by atoms with Gasteiger partial charge in [-0.2, -0.15) is 0 Å². The van der Waals surface area contributed by atoms with E-state index in [1.807, 2.05) is 38.1 Å². The first-order valence-corrected chi connectivity index (χ1v) is 8.72. The smallest absolute Gasteiger partial charge is 0.406 e. The van der Waals surface area contributed by atoms with Gasteiger partial charge in [-0.15, -0.1) is 18.3 Å². The van der Waals surface area contributed by atoms with E-state index in [1.54, 1.807) is 6.08 Å². The number of ether oxygens (including phenoxy) is 1. The summed E-state index contributed by atoms with van der Waals surface area (Å²) in [5.41, 5.74) is 2.34. The molecule has 0 bridgehead atoms. The number of aliphatic imine (C=N–C) groups is 1. The Morgan fingerprint density at radius 2 is 1.72 bits per heavy atom. The van der Waals surface area contributed by atoms with Crippen LogP contribution >= 0.6 is 0 Å². The van der Waals surface area contributed by atoms with E-state index in [-0.39, 0.29) is 17.7 Å². The molecular weight excluding hydrogens is 385 g/mol. The first-order valence-electron chi connectivity index (χ1n) is 8.72. The van der Waals surface area contributed by atoms with Crippen molar-refractivity contribution in [2.24, 2.45) is 4.99 Å². The third kappa shape index (κ3) is 5.08. The lowest BCUT2D eigenvalue weighted by Crippen LogP contribution is -2.17. The van der Waals surface area contributed by atoms with Gasteiger partial charge in [-0.1, -0.05) is 31.2 Å². The lowest BCUT2D eigenvalue weighted by atomic mass is 9.94. The Hall–Kier alpha value is -3.45. The number of halogens is 3. The number of rotatable bonds is 6. The molecular formula is C20H17F3N4O2. The second kappa shape index (κ2) is 8.28. The van der Waals surface area contributed by atoms with Crippen LogP contribution in [-0.2, 0) is 4.79 Å². The molecule has 150 valence electrons. The molecule has 0 fully saturated rings. The van der Waals surface area contributed by atoms with Crippen LogP contribution < -0.4 is 4.74 Å². The minimum Gasteiger partial charge on any atom is -0.406 e. The molecule has 3 aromatic rings. The Labute approximate surface area is 164 Å². The fourth-order valence-corrected chi connectivity index (χ4v) is 2.73. The maximum atomic E-state index is 12.2. The van der Waals surface area contributed by atoms with Crippen LogP contribution in [0.3, 0.4) is 0 Å². The normalized spacial score (nSPS) is 13.4. The van der Waals surface area contributed by atoms with Crippen LogP contribution in [0.25, 0.3) is 17.1 Å². The molecule has 0 N–H and O–H groups in total. The van der Waals surface area contributed by atoms with Crippen molar-refractivity contribution in [1.29, 1.82) is 0 Å². The minimum atomic E-state index is -4.73. The average molecular weight is 402 g/mol. The van der Waals surface area contributed by atoms with E-state index in [4.69, 9.17) is 0 Å². The zero-order valence-corrected chi connectivity index (χ0v) is 15.6. The van der Waals surface area contributed by atoms with Crippen LogP contribution in [0, 0.1) is 0 Å². The number of alkyl halides is 3. The molecule has 29 heavy (non-hydrogen) atoms. The molecule has 0 saturated carbocycles. The number of aromatic nitrogens is 3. The van der Waals surface area contributed by atoms with Crippen molar-refractivity contribution in [3.8, 4) is 22.8 Å². The number of hydrogen-bond donors (Lipinski definition) is 0. The van der Waals surface area contributed by atoms with E-state index >= 15 is 0 Å². The second-order valence-electron chi connectivity index (χ2n) is 6.43. The first-order chi connectivity index (χ1) is 13.8. The molecule has 0 radical (unpaired) electrons. The third-order valence-corrected chi connectivity index (χ3v) is 4.50. The van der Waals surface area contributed by atoms with Crippen molar-refractivity contribution in [3.63, 3.8) is 0 Å². The van der Waals surface area contributed by atoms with Gasteiger partial charge in [0.15, 0.2) is 5.82 Å². The summed E-state index contributed by atoms with van der Waals surface area (Å²) >= 11 is 0. The zero-order chi connectivity index (χ0) is 21.0. The van der Waals surface area contributed by atoms with Gasteiger partial charge < -0.3 is 4.74 Å². The molecule has 0 aliphatic carbocycles. The highest BCUT2D eigenvalue weighted by Gasteiger charge is 2.31. The van der Waals surface area contributed by atoms with Crippen LogP contribution in [-0.4, -0.2) is 33.2 Å². The summed E-state index contributed by atoms with van der Waals surface area (Å²) in [6.45, 7) is 3.82. The highest BCUT2D eigenvalue weighted by Crippen LogP contribution is 2.25. The maximum absolute atomic E-state index is 12.2. The summed E-state index contributed by atoms with van der Waals surface area (Å²) in [6.07, 6.45) is -1.68. The van der Waals surface area contributed by atoms with E-state index < -0.39 is 6.36 Å². The van der Waals surface area contributed by atoms with Gasteiger partial charge in [0.2, 0.25) is 6.08 Å². The Bertz CT molecular complexity index is 1010. The molecule has 1 heterocycles. The third-order valence-electron chi connectivity index (χ3n) is 4.50. The van der Waals surface area contributed by atoms with Crippen LogP contribution in [0.15, 0.2) is 59.9 Å². The van der Waals surface area contributed by atoms with Crippen molar-refractivity contribution in [2.45, 2.75) is 32.2 Å². The lowest BCUT2D eigenvalue weighted by Gasteiger charge is -2.15. The Kier molecular flexibility index (Phi) is 5.79. The monoisotopic (exact) mass is 402 g/mol. The molecule has 9 heteroatoms. The standard InChI is InChI=1S/C20H17F3N4O2/c1-13(14(2)25-12-28)15-3-5-16(6-4-15)19-24-11-27(26-19)17-7-9-18(10-8-17)29-20(21,22)23/h3-11,13-14H,1-2H3. The fraction of sp³-hybridized carbons (Fsp3) is 0.250. The van der Waals surface area contributed by atoms with Crippen LogP contribution in [0.4, 0.5) is 13.2 Å². The molecule has 0 amide bonds. The SMILES string of the molecule is CC(N=C=O)C(C)c1ccc(-c2ncn(-c3ccc(OC(F)(F)F)cc3)n2)cc1. The van der Waals surface area contributed by atoms with Crippen molar-refractivity contribution in [3.05, 3.63) is 60.4 Å². The summed E-state index contributed by atoms with van der Waals surface area (Å²) in [5.74, 6) is 0.215. The predicted octanol–water partition coefficient (Wildman–Crippen LogP) is 4.66. The zero-order valence-electron chi connectivity index (χ0n) is 15.6. The molecule has 2 atom stereocenters. The van der Waals surface area contributed by atoms with Gasteiger partial charge in [0.05, 0.1) is 11.7 Å². The Balaban J connectivity index is 1.75. The van der Waals surface area contributed by atoms with Crippen molar-refractivity contribution < 1.29 is 22.7 Å². The molecule has 6 nitrogen and oxygen atoms in total. The topological polar surface area (TPSA) is 69.4 Å². The highest BCUT2D eigenvalue weighted by atomic mass is 19.4. The van der Waals surface area contributed by atoms with Gasteiger partial charge in [0.25, 0.3) is 0 Å². The second-order valence-corrected chi connectivity index (χ2v) is 6.43. The van der Waals surface area contributed by atoms with Crippen LogP contribution in [0.5, 0.6) is 5.75 Å². The first kappa shape index (κ1) is 20.3. The molecule has 0 spiro atoms. The molecule has 1 aromatic heterocycles. The lowest BCUT2D eigenvalue weighted by molar-refractivity contribution is -0.274. The molecule has 2 aromatic carbocycles. The Morgan fingerprint density at radius 3 is 2.31 bits per heavy atom. The predicted molar refractivity (Wildman–Crippen MR) is 99.5 cm³/mol. The number of nitrogens with zero attached hydrogens (tertiary/aromatic N) is 4. The number of isocyanates is 1. The number of hydrogen-bond acceptors (Lipinski definition) is 5. The largest absolute Gasteiger partial charge is 0.573 e. The van der Waals surface area contributed by atoms with Gasteiger partial charge >= 0.3 is 6.36 Å². The minimum absolute atomic E-state index is 0.0495. The summed E-state index contributed by atoms with van der Waals surface area (Å²) in [6, 6.07) is 12.7. The Morgan fingerprint density at radius 1 is 1.07 bits per heavy atom. The fourth-order valence-electron chi connectivity index (χ4n) is 2.73.